The molecule has 1 nitrogen and oxygen atoms in total. The molecule has 1 unspecified atom stereocenters. The van der Waals surface area contributed by atoms with Crippen molar-refractivity contribution >= 4 is 11.8 Å². The molecule has 1 aromatic rings. The van der Waals surface area contributed by atoms with Crippen molar-refractivity contribution in [2.75, 3.05) is 0 Å². The highest BCUT2D eigenvalue weighted by molar-refractivity contribution is 6.13. The van der Waals surface area contributed by atoms with Crippen molar-refractivity contribution in [3.8, 4) is 0 Å². The second-order valence-corrected chi connectivity index (χ2v) is 3.54. The Labute approximate surface area is 85.2 Å². The smallest absolute Gasteiger partial charge is 0.0442 e. The van der Waals surface area contributed by atoms with Crippen LogP contribution in [-0.2, 0) is 6.42 Å². The third kappa shape index (κ3) is 3.02. The van der Waals surface area contributed by atoms with Crippen molar-refractivity contribution < 1.29 is 0 Å². The summed E-state index contributed by atoms with van der Waals surface area (Å²) in [7, 11) is 0. The van der Waals surface area contributed by atoms with E-state index in [0.29, 0.717) is 0 Å². The number of nitrogens with one attached hydrogen (secondary N) is 1. The first kappa shape index (κ1) is 10.6. The van der Waals surface area contributed by atoms with Gasteiger partial charge in [0, 0.05) is 6.04 Å². The fraction of sp³-hybridized carbons (Fsp3) is 0.455. The van der Waals surface area contributed by atoms with Gasteiger partial charge in [-0.3, -0.25) is 0 Å². The normalized spacial score (nSPS) is 12.8. The number of hydrogen-bond donors (Lipinski definition) is 1. The summed E-state index contributed by atoms with van der Waals surface area (Å²) in [4.78, 5) is 2.70. The van der Waals surface area contributed by atoms with Crippen molar-refractivity contribution in [2.45, 2.75) is 32.7 Å². The summed E-state index contributed by atoms with van der Waals surface area (Å²) in [5.74, 6) is 0. The molecule has 0 aliphatic carbocycles. The van der Waals surface area contributed by atoms with Gasteiger partial charge in [0.15, 0.2) is 0 Å². The second-order valence-electron chi connectivity index (χ2n) is 3.32. The number of rotatable bonds is 4. The van der Waals surface area contributed by atoms with Crippen LogP contribution in [-0.4, -0.2) is 0 Å². The Kier molecular flexibility index (Phi) is 4.26. The maximum absolute atomic E-state index is 5.54. The average Bonchev–Trinajstić information content (AvgIpc) is 2.18. The SMILES string of the molecule is CCCc1ccc(C(C)NCl)cc1. The Morgan fingerprint density at radius 1 is 1.31 bits per heavy atom. The molecule has 0 saturated heterocycles. The molecular weight excluding hydrogens is 182 g/mol. The molecule has 1 aromatic carbocycles. The molecule has 0 amide bonds. The molecule has 0 aliphatic heterocycles. The summed E-state index contributed by atoms with van der Waals surface area (Å²) in [5.41, 5.74) is 2.63. The number of hydrogen-bond acceptors (Lipinski definition) is 1. The van der Waals surface area contributed by atoms with Crippen molar-refractivity contribution in [1.82, 2.24) is 4.84 Å². The molecule has 0 fully saturated rings. The molecule has 1 rings (SSSR count). The largest absolute Gasteiger partial charge is 0.226 e. The lowest BCUT2D eigenvalue weighted by molar-refractivity contribution is 0.744. The predicted octanol–water partition coefficient (Wildman–Crippen LogP) is 3.44. The third-order valence-electron chi connectivity index (χ3n) is 2.18. The molecule has 72 valence electrons. The Morgan fingerprint density at radius 3 is 2.38 bits per heavy atom. The van der Waals surface area contributed by atoms with Crippen molar-refractivity contribution in [1.29, 1.82) is 0 Å². The van der Waals surface area contributed by atoms with Crippen LogP contribution in [0.4, 0.5) is 0 Å². The Hall–Kier alpha value is -0.530. The van der Waals surface area contributed by atoms with Crippen LogP contribution in [0.2, 0.25) is 0 Å². The van der Waals surface area contributed by atoms with Gasteiger partial charge in [0.2, 0.25) is 0 Å². The summed E-state index contributed by atoms with van der Waals surface area (Å²) < 4.78 is 0. The van der Waals surface area contributed by atoms with E-state index in [1.165, 1.54) is 17.5 Å². The lowest BCUT2D eigenvalue weighted by atomic mass is 10.0. The highest BCUT2D eigenvalue weighted by atomic mass is 35.5. The molecule has 13 heavy (non-hydrogen) atoms. The number of halogens is 1. The second kappa shape index (κ2) is 5.25. The van der Waals surface area contributed by atoms with E-state index in [1.807, 2.05) is 6.92 Å². The van der Waals surface area contributed by atoms with E-state index in [4.69, 9.17) is 11.8 Å². The topological polar surface area (TPSA) is 12.0 Å². The molecular formula is C11H16ClN. The van der Waals surface area contributed by atoms with E-state index in [-0.39, 0.29) is 6.04 Å². The third-order valence-corrected chi connectivity index (χ3v) is 2.51. The van der Waals surface area contributed by atoms with Crippen molar-refractivity contribution in [3.63, 3.8) is 0 Å². The van der Waals surface area contributed by atoms with Gasteiger partial charge >= 0.3 is 0 Å². The van der Waals surface area contributed by atoms with Crippen LogP contribution in [0.25, 0.3) is 0 Å². The Bertz CT molecular complexity index is 243. The van der Waals surface area contributed by atoms with Crippen molar-refractivity contribution in [2.24, 2.45) is 0 Å². The molecule has 2 heteroatoms. The summed E-state index contributed by atoms with van der Waals surface area (Å²) in [6.45, 7) is 4.23. The molecule has 0 aliphatic rings. The first-order chi connectivity index (χ1) is 6.27. The molecule has 0 radical (unpaired) electrons. The molecule has 0 aromatic heterocycles. The van der Waals surface area contributed by atoms with Crippen LogP contribution in [0.15, 0.2) is 24.3 Å². The minimum atomic E-state index is 0.220. The molecule has 1 atom stereocenters. The van der Waals surface area contributed by atoms with Crippen LogP contribution in [0.1, 0.15) is 37.4 Å². The first-order valence-electron chi connectivity index (χ1n) is 4.73. The van der Waals surface area contributed by atoms with E-state index < -0.39 is 0 Å². The van der Waals surface area contributed by atoms with E-state index in [0.717, 1.165) is 6.42 Å². The average molecular weight is 198 g/mol. The quantitative estimate of drug-likeness (QED) is 0.730. The summed E-state index contributed by atoms with van der Waals surface area (Å²) >= 11 is 5.54. The van der Waals surface area contributed by atoms with Crippen LogP contribution >= 0.6 is 11.8 Å². The van der Waals surface area contributed by atoms with Crippen molar-refractivity contribution in [3.05, 3.63) is 35.4 Å². The minimum Gasteiger partial charge on any atom is -0.226 e. The van der Waals surface area contributed by atoms with Crippen LogP contribution in [0.5, 0.6) is 0 Å². The van der Waals surface area contributed by atoms with Crippen LogP contribution < -0.4 is 4.84 Å². The van der Waals surface area contributed by atoms with E-state index in [1.54, 1.807) is 0 Å². The fourth-order valence-corrected chi connectivity index (χ4v) is 1.45. The zero-order valence-electron chi connectivity index (χ0n) is 8.18. The highest BCUT2D eigenvalue weighted by Crippen LogP contribution is 2.14. The summed E-state index contributed by atoms with van der Waals surface area (Å²) in [5, 5.41) is 0. The lowest BCUT2D eigenvalue weighted by Gasteiger charge is -2.09. The van der Waals surface area contributed by atoms with Gasteiger partial charge in [-0.2, -0.15) is 0 Å². The maximum Gasteiger partial charge on any atom is 0.0442 e. The zero-order valence-corrected chi connectivity index (χ0v) is 8.93. The minimum absolute atomic E-state index is 0.220. The lowest BCUT2D eigenvalue weighted by Crippen LogP contribution is -2.06. The monoisotopic (exact) mass is 197 g/mol. The zero-order chi connectivity index (χ0) is 9.68. The highest BCUT2D eigenvalue weighted by Gasteiger charge is 2.01. The molecule has 0 saturated carbocycles. The van der Waals surface area contributed by atoms with E-state index in [9.17, 15) is 0 Å². The van der Waals surface area contributed by atoms with Gasteiger partial charge in [-0.05, 0) is 36.2 Å². The molecule has 0 spiro atoms. The number of aryl methyl sites for hydroxylation is 1. The van der Waals surface area contributed by atoms with Gasteiger partial charge in [-0.15, -0.1) is 0 Å². The summed E-state index contributed by atoms with van der Waals surface area (Å²) in [6, 6.07) is 8.82. The Morgan fingerprint density at radius 2 is 1.92 bits per heavy atom. The van der Waals surface area contributed by atoms with Crippen LogP contribution in [0, 0.1) is 0 Å². The summed E-state index contributed by atoms with van der Waals surface area (Å²) in [6.07, 6.45) is 2.35. The first-order valence-corrected chi connectivity index (χ1v) is 5.10. The molecule has 0 heterocycles. The van der Waals surface area contributed by atoms with Gasteiger partial charge in [0.1, 0.15) is 0 Å². The molecule has 1 N–H and O–H groups in total. The van der Waals surface area contributed by atoms with Gasteiger partial charge in [-0.1, -0.05) is 37.6 Å². The van der Waals surface area contributed by atoms with Gasteiger partial charge in [0.25, 0.3) is 0 Å². The Balaban J connectivity index is 2.69. The predicted molar refractivity (Wildman–Crippen MR) is 57.8 cm³/mol. The van der Waals surface area contributed by atoms with E-state index >= 15 is 0 Å². The molecule has 0 bridgehead atoms. The fourth-order valence-electron chi connectivity index (χ4n) is 1.32. The van der Waals surface area contributed by atoms with Gasteiger partial charge in [-0.25, -0.2) is 4.84 Å². The number of benzene rings is 1. The standard InChI is InChI=1S/C11H16ClN/c1-3-4-10-5-7-11(8-6-10)9(2)13-12/h5-9,13H,3-4H2,1-2H3. The van der Waals surface area contributed by atoms with Gasteiger partial charge in [0.05, 0.1) is 0 Å². The maximum atomic E-state index is 5.54. The van der Waals surface area contributed by atoms with Gasteiger partial charge < -0.3 is 0 Å². The van der Waals surface area contributed by atoms with Crippen LogP contribution in [0.3, 0.4) is 0 Å². The van der Waals surface area contributed by atoms with E-state index in [2.05, 4.69) is 36.0 Å².